The maximum atomic E-state index is 11.3. The van der Waals surface area contributed by atoms with Gasteiger partial charge in [0.2, 0.25) is 0 Å². The second-order valence-electron chi connectivity index (χ2n) is 5.12. The van der Waals surface area contributed by atoms with Crippen LogP contribution in [-0.2, 0) is 16.1 Å². The highest BCUT2D eigenvalue weighted by Gasteiger charge is 2.02. The minimum atomic E-state index is -0.314. The van der Waals surface area contributed by atoms with Gasteiger partial charge in [-0.05, 0) is 46.3 Å². The number of esters is 1. The van der Waals surface area contributed by atoms with Crippen LogP contribution in [0.3, 0.4) is 0 Å². The van der Waals surface area contributed by atoms with Crippen molar-refractivity contribution in [3.05, 3.63) is 47.1 Å². The van der Waals surface area contributed by atoms with Gasteiger partial charge in [0, 0.05) is 18.3 Å². The Kier molecular flexibility index (Phi) is 6.66. The molecule has 0 saturated heterocycles. The Morgan fingerprint density at radius 3 is 2.71 bits per heavy atom. The molecule has 0 radical (unpaired) electrons. The lowest BCUT2D eigenvalue weighted by atomic mass is 10.2. The molecule has 0 bridgehead atoms. The number of carbonyl (C=O) groups excluding carboxylic acids is 1. The molecule has 1 aromatic rings. The molecule has 4 heteroatoms. The first kappa shape index (κ1) is 17.0. The zero-order chi connectivity index (χ0) is 15.8. The second kappa shape index (κ2) is 8.25. The summed E-state index contributed by atoms with van der Waals surface area (Å²) >= 11 is 0. The number of imidazole rings is 1. The fraction of sp³-hybridized carbons (Fsp3) is 0.412. The van der Waals surface area contributed by atoms with Gasteiger partial charge in [-0.2, -0.15) is 0 Å². The summed E-state index contributed by atoms with van der Waals surface area (Å²) in [7, 11) is 0. The molecule has 0 aliphatic rings. The predicted octanol–water partition coefficient (Wildman–Crippen LogP) is 3.68. The molecule has 0 saturated carbocycles. The van der Waals surface area contributed by atoms with Crippen molar-refractivity contribution < 1.29 is 9.53 Å². The van der Waals surface area contributed by atoms with Crippen LogP contribution in [0.15, 0.2) is 35.7 Å². The van der Waals surface area contributed by atoms with Gasteiger partial charge in [0.15, 0.2) is 0 Å². The minimum Gasteiger partial charge on any atom is -0.463 e. The highest BCUT2D eigenvalue weighted by atomic mass is 16.5. The van der Waals surface area contributed by atoms with E-state index in [-0.39, 0.29) is 5.97 Å². The Bertz CT molecular complexity index is 574. The van der Waals surface area contributed by atoms with Gasteiger partial charge in [-0.1, -0.05) is 17.7 Å². The van der Waals surface area contributed by atoms with Crippen LogP contribution in [0.25, 0.3) is 6.08 Å². The number of ether oxygens (including phenoxy) is 1. The molecule has 4 nitrogen and oxygen atoms in total. The summed E-state index contributed by atoms with van der Waals surface area (Å²) in [6, 6.07) is 0. The monoisotopic (exact) mass is 288 g/mol. The van der Waals surface area contributed by atoms with Gasteiger partial charge < -0.3 is 9.30 Å². The number of allylic oxidation sites excluding steroid dienone is 4. The first-order valence-electron chi connectivity index (χ1n) is 7.12. The van der Waals surface area contributed by atoms with E-state index in [9.17, 15) is 4.79 Å². The lowest BCUT2D eigenvalue weighted by molar-refractivity contribution is -0.137. The van der Waals surface area contributed by atoms with Crippen LogP contribution in [-0.4, -0.2) is 22.1 Å². The molecule has 0 atom stereocenters. The van der Waals surface area contributed by atoms with Crippen molar-refractivity contribution in [2.75, 3.05) is 6.61 Å². The average molecular weight is 288 g/mol. The quantitative estimate of drug-likeness (QED) is 0.347. The molecular weight excluding hydrogens is 264 g/mol. The minimum absolute atomic E-state index is 0.314. The fourth-order valence-electron chi connectivity index (χ4n) is 1.72. The molecule has 0 aromatic carbocycles. The van der Waals surface area contributed by atoms with Crippen LogP contribution >= 0.6 is 0 Å². The SMILES string of the molecule is CCOC(=O)/C=C(C)\C=C\c1ncn(CC=C(C)C)c1C. The van der Waals surface area contributed by atoms with Crippen LogP contribution < -0.4 is 0 Å². The Labute approximate surface area is 126 Å². The summed E-state index contributed by atoms with van der Waals surface area (Å²) in [6.45, 7) is 11.1. The highest BCUT2D eigenvalue weighted by molar-refractivity contribution is 5.83. The van der Waals surface area contributed by atoms with Crippen molar-refractivity contribution >= 4 is 12.0 Å². The molecule has 0 aliphatic carbocycles. The Balaban J connectivity index is 2.77. The second-order valence-corrected chi connectivity index (χ2v) is 5.12. The van der Waals surface area contributed by atoms with Gasteiger partial charge in [-0.15, -0.1) is 0 Å². The standard InChI is InChI=1S/C17H24N2O2/c1-6-21-17(20)11-14(4)7-8-16-15(5)19(12-18-16)10-9-13(2)3/h7-9,11-12H,6,10H2,1-5H3/b8-7+,14-11-. The Hall–Kier alpha value is -2.10. The summed E-state index contributed by atoms with van der Waals surface area (Å²) in [5.74, 6) is -0.314. The van der Waals surface area contributed by atoms with E-state index in [0.717, 1.165) is 23.5 Å². The predicted molar refractivity (Wildman–Crippen MR) is 85.8 cm³/mol. The summed E-state index contributed by atoms with van der Waals surface area (Å²) in [4.78, 5) is 15.7. The van der Waals surface area contributed by atoms with Gasteiger partial charge >= 0.3 is 5.97 Å². The highest BCUT2D eigenvalue weighted by Crippen LogP contribution is 2.10. The van der Waals surface area contributed by atoms with E-state index in [1.165, 1.54) is 11.6 Å². The first-order valence-corrected chi connectivity index (χ1v) is 7.12. The molecule has 0 aliphatic heterocycles. The van der Waals surface area contributed by atoms with E-state index in [1.54, 1.807) is 6.92 Å². The molecule has 0 fully saturated rings. The molecule has 0 spiro atoms. The number of carbonyl (C=O) groups is 1. The van der Waals surface area contributed by atoms with Gasteiger partial charge in [0.25, 0.3) is 0 Å². The molecule has 0 N–H and O–H groups in total. The van der Waals surface area contributed by atoms with E-state index in [2.05, 4.69) is 29.5 Å². The van der Waals surface area contributed by atoms with Crippen LogP contribution in [0.2, 0.25) is 0 Å². The third-order valence-electron chi connectivity index (χ3n) is 2.97. The third kappa shape index (κ3) is 5.81. The van der Waals surface area contributed by atoms with E-state index in [0.29, 0.717) is 6.61 Å². The Morgan fingerprint density at radius 2 is 2.10 bits per heavy atom. The van der Waals surface area contributed by atoms with E-state index in [1.807, 2.05) is 32.3 Å². The van der Waals surface area contributed by atoms with Gasteiger partial charge in [-0.25, -0.2) is 9.78 Å². The molecular formula is C17H24N2O2. The molecule has 0 unspecified atom stereocenters. The third-order valence-corrected chi connectivity index (χ3v) is 2.97. The first-order chi connectivity index (χ1) is 9.93. The average Bonchev–Trinajstić information content (AvgIpc) is 2.75. The largest absolute Gasteiger partial charge is 0.463 e. The lowest BCUT2D eigenvalue weighted by Crippen LogP contribution is -1.99. The maximum Gasteiger partial charge on any atom is 0.330 e. The van der Waals surface area contributed by atoms with Gasteiger partial charge in [-0.3, -0.25) is 0 Å². The summed E-state index contributed by atoms with van der Waals surface area (Å²) in [5, 5.41) is 0. The van der Waals surface area contributed by atoms with Crippen molar-refractivity contribution in [1.82, 2.24) is 9.55 Å². The summed E-state index contributed by atoms with van der Waals surface area (Å²) < 4.78 is 6.97. The van der Waals surface area contributed by atoms with Crippen molar-refractivity contribution in [1.29, 1.82) is 0 Å². The fourth-order valence-corrected chi connectivity index (χ4v) is 1.72. The van der Waals surface area contributed by atoms with E-state index >= 15 is 0 Å². The molecule has 1 heterocycles. The van der Waals surface area contributed by atoms with Crippen molar-refractivity contribution in [3.63, 3.8) is 0 Å². The zero-order valence-electron chi connectivity index (χ0n) is 13.5. The Morgan fingerprint density at radius 1 is 1.38 bits per heavy atom. The number of hydrogen-bond acceptors (Lipinski definition) is 3. The lowest BCUT2D eigenvalue weighted by Gasteiger charge is -2.01. The normalized spacial score (nSPS) is 11.8. The molecule has 0 amide bonds. The van der Waals surface area contributed by atoms with Gasteiger partial charge in [0.05, 0.1) is 18.6 Å². The number of nitrogens with zero attached hydrogens (tertiary/aromatic N) is 2. The van der Waals surface area contributed by atoms with Gasteiger partial charge in [0.1, 0.15) is 0 Å². The van der Waals surface area contributed by atoms with Crippen LogP contribution in [0.1, 0.15) is 39.1 Å². The molecule has 1 aromatic heterocycles. The number of aromatic nitrogens is 2. The van der Waals surface area contributed by atoms with E-state index in [4.69, 9.17) is 4.74 Å². The molecule has 114 valence electrons. The van der Waals surface area contributed by atoms with Crippen molar-refractivity contribution in [2.24, 2.45) is 0 Å². The molecule has 1 rings (SSSR count). The summed E-state index contributed by atoms with van der Waals surface area (Å²) in [6.07, 6.45) is 9.26. The topological polar surface area (TPSA) is 44.1 Å². The van der Waals surface area contributed by atoms with Crippen molar-refractivity contribution in [3.8, 4) is 0 Å². The molecule has 21 heavy (non-hydrogen) atoms. The number of hydrogen-bond donors (Lipinski definition) is 0. The maximum absolute atomic E-state index is 11.3. The zero-order valence-corrected chi connectivity index (χ0v) is 13.5. The van der Waals surface area contributed by atoms with Crippen molar-refractivity contribution in [2.45, 2.75) is 41.2 Å². The van der Waals surface area contributed by atoms with Crippen LogP contribution in [0.4, 0.5) is 0 Å². The smallest absolute Gasteiger partial charge is 0.330 e. The van der Waals surface area contributed by atoms with E-state index < -0.39 is 0 Å². The van der Waals surface area contributed by atoms with Crippen LogP contribution in [0.5, 0.6) is 0 Å². The summed E-state index contributed by atoms with van der Waals surface area (Å²) in [5.41, 5.74) is 4.14. The number of rotatable bonds is 6. The van der Waals surface area contributed by atoms with Crippen LogP contribution in [0, 0.1) is 6.92 Å².